The molecule has 0 aliphatic heterocycles. The molecule has 0 spiro atoms. The minimum Gasteiger partial charge on any atom is -0.361 e. The molecule has 0 radical (unpaired) electrons. The number of pyridine rings is 1. The number of hydrogen-bond donors (Lipinski definition) is 0. The number of hydrogen-bond acceptors (Lipinski definition) is 4. The number of imidazole rings is 1. The highest BCUT2D eigenvalue weighted by molar-refractivity contribution is 5.80. The fourth-order valence-corrected chi connectivity index (χ4v) is 3.83. The van der Waals surface area contributed by atoms with Crippen molar-refractivity contribution < 1.29 is 4.52 Å². The molecule has 3 heterocycles. The molecule has 3 aromatic rings. The normalized spacial score (nSPS) is 15.8. The van der Waals surface area contributed by atoms with Gasteiger partial charge < -0.3 is 9.09 Å². The molecular weight excluding hydrogens is 288 g/mol. The van der Waals surface area contributed by atoms with E-state index in [-0.39, 0.29) is 0 Å². The number of aromatic nitrogens is 4. The lowest BCUT2D eigenvalue weighted by Gasteiger charge is -2.12. The molecule has 0 amide bonds. The van der Waals surface area contributed by atoms with Crippen LogP contribution in [0, 0.1) is 26.7 Å². The Hall–Kier alpha value is -2.17. The van der Waals surface area contributed by atoms with E-state index in [1.165, 1.54) is 25.7 Å². The molecule has 1 fully saturated rings. The van der Waals surface area contributed by atoms with E-state index >= 15 is 0 Å². The monoisotopic (exact) mass is 310 g/mol. The molecule has 4 rings (SSSR count). The molecule has 1 aliphatic carbocycles. The molecule has 0 saturated heterocycles. The summed E-state index contributed by atoms with van der Waals surface area (Å²) in [4.78, 5) is 9.21. The van der Waals surface area contributed by atoms with Gasteiger partial charge >= 0.3 is 0 Å². The van der Waals surface area contributed by atoms with Crippen LogP contribution in [0.25, 0.3) is 22.3 Å². The van der Waals surface area contributed by atoms with Gasteiger partial charge in [0.05, 0.1) is 11.2 Å². The zero-order valence-corrected chi connectivity index (χ0v) is 14.0. The summed E-state index contributed by atoms with van der Waals surface area (Å²) in [6.45, 7) is 7.04. The molecule has 0 aromatic carbocycles. The molecule has 5 heteroatoms. The smallest absolute Gasteiger partial charge is 0.177 e. The van der Waals surface area contributed by atoms with Crippen molar-refractivity contribution in [3.63, 3.8) is 0 Å². The highest BCUT2D eigenvalue weighted by atomic mass is 16.5. The number of nitrogens with zero attached hydrogens (tertiary/aromatic N) is 4. The average molecular weight is 310 g/mol. The third kappa shape index (κ3) is 2.44. The van der Waals surface area contributed by atoms with Gasteiger partial charge in [0.1, 0.15) is 11.6 Å². The maximum atomic E-state index is 5.30. The van der Waals surface area contributed by atoms with Crippen LogP contribution < -0.4 is 0 Å². The highest BCUT2D eigenvalue weighted by Crippen LogP contribution is 2.31. The van der Waals surface area contributed by atoms with Crippen LogP contribution in [0.2, 0.25) is 0 Å². The number of fused-ring (bicyclic) bond motifs is 1. The summed E-state index contributed by atoms with van der Waals surface area (Å²) in [6, 6.07) is 2.18. The molecule has 0 unspecified atom stereocenters. The first-order valence-electron chi connectivity index (χ1n) is 8.39. The van der Waals surface area contributed by atoms with Crippen molar-refractivity contribution in [1.82, 2.24) is 19.7 Å². The van der Waals surface area contributed by atoms with Crippen molar-refractivity contribution in [2.75, 3.05) is 0 Å². The van der Waals surface area contributed by atoms with Crippen LogP contribution in [0.4, 0.5) is 0 Å². The maximum absolute atomic E-state index is 5.30. The number of rotatable bonds is 3. The third-order valence-corrected chi connectivity index (χ3v) is 5.03. The van der Waals surface area contributed by atoms with Crippen LogP contribution in [-0.2, 0) is 6.54 Å². The van der Waals surface area contributed by atoms with Crippen LogP contribution in [0.5, 0.6) is 0 Å². The molecule has 0 N–H and O–H groups in total. The van der Waals surface area contributed by atoms with Crippen molar-refractivity contribution in [2.45, 2.75) is 53.0 Å². The molecule has 1 saturated carbocycles. The first-order chi connectivity index (χ1) is 11.1. The Morgan fingerprint density at radius 3 is 2.70 bits per heavy atom. The zero-order chi connectivity index (χ0) is 16.0. The molecule has 0 bridgehead atoms. The molecule has 1 aliphatic rings. The lowest BCUT2D eigenvalue weighted by molar-refractivity contribution is 0.393. The van der Waals surface area contributed by atoms with Crippen LogP contribution in [-0.4, -0.2) is 19.7 Å². The Labute approximate surface area is 135 Å². The minimum atomic E-state index is 0.772. The van der Waals surface area contributed by atoms with Gasteiger partial charge in [-0.3, -0.25) is 0 Å². The summed E-state index contributed by atoms with van der Waals surface area (Å²) in [7, 11) is 0. The van der Waals surface area contributed by atoms with Crippen LogP contribution in [0.15, 0.2) is 16.8 Å². The van der Waals surface area contributed by atoms with Crippen molar-refractivity contribution in [2.24, 2.45) is 5.92 Å². The Balaban J connectivity index is 1.80. The standard InChI is InChI=1S/C18H22N4O/c1-11-17(12(2)23-21-11)15-8-16-18(19-9-15)20-13(3)22(16)10-14-6-4-5-7-14/h8-9,14H,4-7,10H2,1-3H3. The second-order valence-corrected chi connectivity index (χ2v) is 6.69. The molecule has 120 valence electrons. The van der Waals surface area contributed by atoms with Gasteiger partial charge in [-0.25, -0.2) is 9.97 Å². The molecule has 5 nitrogen and oxygen atoms in total. The van der Waals surface area contributed by atoms with Crippen LogP contribution >= 0.6 is 0 Å². The van der Waals surface area contributed by atoms with Gasteiger partial charge in [0, 0.05) is 23.9 Å². The summed E-state index contributed by atoms with van der Waals surface area (Å²) in [5.41, 5.74) is 4.96. The first kappa shape index (κ1) is 14.4. The van der Waals surface area contributed by atoms with Crippen LogP contribution in [0.3, 0.4) is 0 Å². The van der Waals surface area contributed by atoms with Gasteiger partial charge in [-0.15, -0.1) is 0 Å². The van der Waals surface area contributed by atoms with Gasteiger partial charge in [-0.1, -0.05) is 18.0 Å². The first-order valence-corrected chi connectivity index (χ1v) is 8.39. The lowest BCUT2D eigenvalue weighted by Crippen LogP contribution is -2.08. The van der Waals surface area contributed by atoms with E-state index in [0.717, 1.165) is 52.0 Å². The highest BCUT2D eigenvalue weighted by Gasteiger charge is 2.19. The second kappa shape index (κ2) is 5.48. The van der Waals surface area contributed by atoms with E-state index in [1.807, 2.05) is 20.0 Å². The van der Waals surface area contributed by atoms with Crippen LogP contribution in [0.1, 0.15) is 43.0 Å². The molecule has 0 atom stereocenters. The maximum Gasteiger partial charge on any atom is 0.177 e. The second-order valence-electron chi connectivity index (χ2n) is 6.69. The van der Waals surface area contributed by atoms with E-state index in [2.05, 4.69) is 32.7 Å². The van der Waals surface area contributed by atoms with E-state index in [4.69, 9.17) is 4.52 Å². The van der Waals surface area contributed by atoms with Gasteiger partial charge in [0.2, 0.25) is 0 Å². The summed E-state index contributed by atoms with van der Waals surface area (Å²) in [5, 5.41) is 4.06. The largest absolute Gasteiger partial charge is 0.361 e. The minimum absolute atomic E-state index is 0.772. The SMILES string of the molecule is Cc1noc(C)c1-c1cnc2nc(C)n(CC3CCCC3)c2c1. The molecular formula is C18H22N4O. The van der Waals surface area contributed by atoms with E-state index in [0.29, 0.717) is 0 Å². The Morgan fingerprint density at radius 1 is 1.22 bits per heavy atom. The quantitative estimate of drug-likeness (QED) is 0.727. The van der Waals surface area contributed by atoms with E-state index < -0.39 is 0 Å². The van der Waals surface area contributed by atoms with Gasteiger partial charge in [0.25, 0.3) is 0 Å². The van der Waals surface area contributed by atoms with Crippen molar-refractivity contribution >= 4 is 11.2 Å². The zero-order valence-electron chi connectivity index (χ0n) is 14.0. The van der Waals surface area contributed by atoms with Crippen molar-refractivity contribution in [3.8, 4) is 11.1 Å². The summed E-state index contributed by atoms with van der Waals surface area (Å²) < 4.78 is 7.64. The average Bonchev–Trinajstić information content (AvgIpc) is 3.22. The third-order valence-electron chi connectivity index (χ3n) is 5.03. The van der Waals surface area contributed by atoms with Gasteiger partial charge in [-0.05, 0) is 45.6 Å². The summed E-state index contributed by atoms with van der Waals surface area (Å²) in [5.74, 6) is 2.66. The fraction of sp³-hybridized carbons (Fsp3) is 0.500. The Bertz CT molecular complexity index is 836. The Kier molecular flexibility index (Phi) is 3.43. The van der Waals surface area contributed by atoms with Crippen molar-refractivity contribution in [1.29, 1.82) is 0 Å². The Morgan fingerprint density at radius 2 is 2.00 bits per heavy atom. The molecule has 23 heavy (non-hydrogen) atoms. The van der Waals surface area contributed by atoms with E-state index in [1.54, 1.807) is 0 Å². The predicted octanol–water partition coefficient (Wildman–Crippen LogP) is 4.20. The molecule has 3 aromatic heterocycles. The summed E-state index contributed by atoms with van der Waals surface area (Å²) >= 11 is 0. The topological polar surface area (TPSA) is 56.7 Å². The van der Waals surface area contributed by atoms with Crippen molar-refractivity contribution in [3.05, 3.63) is 29.5 Å². The van der Waals surface area contributed by atoms with E-state index in [9.17, 15) is 0 Å². The van der Waals surface area contributed by atoms with Gasteiger partial charge in [-0.2, -0.15) is 0 Å². The summed E-state index contributed by atoms with van der Waals surface area (Å²) in [6.07, 6.45) is 7.26. The predicted molar refractivity (Wildman–Crippen MR) is 89.2 cm³/mol. The lowest BCUT2D eigenvalue weighted by atomic mass is 10.1. The fourth-order valence-electron chi connectivity index (χ4n) is 3.83. The number of aryl methyl sites for hydroxylation is 3. The van der Waals surface area contributed by atoms with Gasteiger partial charge in [0.15, 0.2) is 5.65 Å².